The minimum atomic E-state index is -0.518. The molecule has 210 valence electrons. The number of hydrogen-bond acceptors (Lipinski definition) is 8. The van der Waals surface area contributed by atoms with Crippen molar-refractivity contribution in [1.29, 1.82) is 0 Å². The third-order valence-corrected chi connectivity index (χ3v) is 10.2. The summed E-state index contributed by atoms with van der Waals surface area (Å²) in [5, 5.41) is 2.75. The third-order valence-electron chi connectivity index (χ3n) is 8.00. The van der Waals surface area contributed by atoms with Gasteiger partial charge in [-0.1, -0.05) is 41.9 Å². The van der Waals surface area contributed by atoms with E-state index in [1.54, 1.807) is 6.20 Å². The molecule has 0 amide bonds. The lowest BCUT2D eigenvalue weighted by molar-refractivity contribution is 0.108. The molecule has 4 aromatic rings. The predicted molar refractivity (Wildman–Crippen MR) is 175 cm³/mol. The van der Waals surface area contributed by atoms with Crippen LogP contribution in [0.5, 0.6) is 6.01 Å². The van der Waals surface area contributed by atoms with Gasteiger partial charge in [0.05, 0.1) is 33.8 Å². The summed E-state index contributed by atoms with van der Waals surface area (Å²) < 4.78 is 26.7. The monoisotopic (exact) mass is 787 g/mol. The van der Waals surface area contributed by atoms with Gasteiger partial charge in [-0.25, -0.2) is 9.82 Å². The highest BCUT2D eigenvalue weighted by Gasteiger charge is 2.45. The van der Waals surface area contributed by atoms with Crippen molar-refractivity contribution in [1.82, 2.24) is 28.5 Å². The summed E-state index contributed by atoms with van der Waals surface area (Å²) >= 11 is 11.0. The van der Waals surface area contributed by atoms with Crippen LogP contribution in [0.3, 0.4) is 0 Å². The fraction of sp³-hybridized carbons (Fsp3) is 0.393. The molecule has 12 heteroatoms. The van der Waals surface area contributed by atoms with Gasteiger partial charge in [-0.15, -0.1) is 0 Å². The van der Waals surface area contributed by atoms with Crippen LogP contribution in [0.1, 0.15) is 25.7 Å². The lowest BCUT2D eigenvalue weighted by atomic mass is 9.95. The number of halogens is 4. The number of anilines is 1. The first-order valence-corrected chi connectivity index (χ1v) is 15.7. The van der Waals surface area contributed by atoms with E-state index in [2.05, 4.69) is 66.0 Å². The maximum absolute atomic E-state index is 16.5. The molecule has 0 spiro atoms. The second-order valence-electron chi connectivity index (χ2n) is 10.3. The van der Waals surface area contributed by atoms with E-state index in [1.807, 2.05) is 49.8 Å². The average molecular weight is 788 g/mol. The maximum atomic E-state index is 16.5. The van der Waals surface area contributed by atoms with Crippen molar-refractivity contribution >= 4 is 84.8 Å². The van der Waals surface area contributed by atoms with E-state index in [9.17, 15) is 0 Å². The molecule has 0 atom stereocenters. The van der Waals surface area contributed by atoms with E-state index < -0.39 is 5.82 Å². The molecule has 2 aromatic heterocycles. The Kier molecular flexibility index (Phi) is 8.48. The molecule has 40 heavy (non-hydrogen) atoms. The molecule has 0 radical (unpaired) electrons. The molecule has 8 nitrogen and oxygen atoms in total. The van der Waals surface area contributed by atoms with E-state index >= 15 is 4.39 Å². The SMILES string of the molecule is CNN(I)CCN(I)c1nc(OCC23CCCN2CCC3)nc2c(F)c(-c3cccc4cccc(Cl)c34)ncc12. The number of fused-ring (bicyclic) bond motifs is 3. The Hall–Kier alpha value is -1.65. The van der Waals surface area contributed by atoms with Gasteiger partial charge in [-0.3, -0.25) is 13.0 Å². The zero-order valence-corrected chi connectivity index (χ0v) is 27.1. The summed E-state index contributed by atoms with van der Waals surface area (Å²) in [5.74, 6) is 0.0538. The van der Waals surface area contributed by atoms with Crippen molar-refractivity contribution in [3.8, 4) is 17.3 Å². The molecule has 0 bridgehead atoms. The summed E-state index contributed by atoms with van der Waals surface area (Å²) in [6.45, 7) is 4.05. The smallest absolute Gasteiger partial charge is 0.319 e. The lowest BCUT2D eigenvalue weighted by Gasteiger charge is -2.31. The number of benzene rings is 2. The molecule has 2 fully saturated rings. The number of pyridine rings is 1. The van der Waals surface area contributed by atoms with Crippen LogP contribution < -0.4 is 13.3 Å². The molecule has 0 unspecified atom stereocenters. The van der Waals surface area contributed by atoms with Crippen LogP contribution in [0, 0.1) is 5.82 Å². The molecule has 2 aliphatic heterocycles. The van der Waals surface area contributed by atoms with Gasteiger partial charge in [0.25, 0.3) is 0 Å². The average Bonchev–Trinajstić information content (AvgIpc) is 3.55. The highest BCUT2D eigenvalue weighted by atomic mass is 127. The topological polar surface area (TPSA) is 69.7 Å². The molecule has 2 saturated heterocycles. The molecule has 2 aliphatic rings. The Labute approximate surface area is 265 Å². The number of nitrogens with one attached hydrogen (secondary N) is 1. The second kappa shape index (κ2) is 11.9. The molecular weight excluding hydrogens is 759 g/mol. The number of ether oxygens (including phenoxy) is 1. The first-order valence-electron chi connectivity index (χ1n) is 13.4. The number of aromatic nitrogens is 3. The van der Waals surface area contributed by atoms with Gasteiger partial charge in [-0.05, 0) is 57.3 Å². The van der Waals surface area contributed by atoms with E-state index in [1.165, 1.54) is 12.8 Å². The first kappa shape index (κ1) is 28.5. The molecule has 1 N–H and O–H groups in total. The van der Waals surface area contributed by atoms with E-state index in [-0.39, 0.29) is 22.8 Å². The van der Waals surface area contributed by atoms with E-state index in [4.69, 9.17) is 21.3 Å². The van der Waals surface area contributed by atoms with Crippen LogP contribution in [-0.2, 0) is 0 Å². The minimum Gasteiger partial charge on any atom is -0.461 e. The van der Waals surface area contributed by atoms with Crippen molar-refractivity contribution in [2.75, 3.05) is 42.9 Å². The Balaban J connectivity index is 1.44. The molecule has 6 rings (SSSR count). The van der Waals surface area contributed by atoms with Crippen molar-refractivity contribution < 1.29 is 9.13 Å². The third kappa shape index (κ3) is 5.33. The summed E-state index contributed by atoms with van der Waals surface area (Å²) in [6, 6.07) is 11.5. The summed E-state index contributed by atoms with van der Waals surface area (Å²) in [4.78, 5) is 16.5. The van der Waals surface area contributed by atoms with Gasteiger partial charge in [0.15, 0.2) is 11.6 Å². The molecule has 4 heterocycles. The van der Waals surface area contributed by atoms with Crippen LogP contribution in [-0.4, -0.2) is 68.4 Å². The Bertz CT molecular complexity index is 1550. The van der Waals surface area contributed by atoms with Gasteiger partial charge in [-0.2, -0.15) is 13.2 Å². The second-order valence-corrected chi connectivity index (χ2v) is 13.0. The van der Waals surface area contributed by atoms with E-state index in [0.29, 0.717) is 41.5 Å². The standard InChI is InChI=1S/C28H29ClFI2N7O/c1-33-39(32)15-14-38(31)26-20-16-34-24(19-8-2-6-18-7-3-9-21(29)22(18)19)23(30)25(20)35-27(36-26)40-17-28-10-4-12-37(28)13-5-11-28/h2-3,6-9,16,33H,4-5,10-15,17H2,1H3. The highest BCUT2D eigenvalue weighted by Crippen LogP contribution is 2.40. The zero-order valence-electron chi connectivity index (χ0n) is 22.0. The zero-order chi connectivity index (χ0) is 27.9. The van der Waals surface area contributed by atoms with Gasteiger partial charge >= 0.3 is 6.01 Å². The normalized spacial score (nSPS) is 16.8. The van der Waals surface area contributed by atoms with Gasteiger partial charge < -0.3 is 4.74 Å². The van der Waals surface area contributed by atoms with Crippen molar-refractivity contribution in [2.24, 2.45) is 0 Å². The Morgan fingerprint density at radius 1 is 1.10 bits per heavy atom. The number of hydrazine groups is 1. The number of rotatable bonds is 9. The molecule has 0 aliphatic carbocycles. The van der Waals surface area contributed by atoms with Gasteiger partial charge in [0.2, 0.25) is 0 Å². The fourth-order valence-corrected chi connectivity index (χ4v) is 7.09. The molecule has 2 aromatic carbocycles. The number of nitrogens with zero attached hydrogens (tertiary/aromatic N) is 6. The van der Waals surface area contributed by atoms with Crippen LogP contribution in [0.4, 0.5) is 10.2 Å². The van der Waals surface area contributed by atoms with Gasteiger partial charge in [0.1, 0.15) is 17.8 Å². The lowest BCUT2D eigenvalue weighted by Crippen LogP contribution is -2.43. The van der Waals surface area contributed by atoms with Crippen LogP contribution in [0.2, 0.25) is 5.02 Å². The predicted octanol–water partition coefficient (Wildman–Crippen LogP) is 6.59. The summed E-state index contributed by atoms with van der Waals surface area (Å²) in [5.41, 5.74) is 4.12. The van der Waals surface area contributed by atoms with Crippen LogP contribution >= 0.6 is 57.3 Å². The van der Waals surface area contributed by atoms with Crippen molar-refractivity contribution in [3.63, 3.8) is 0 Å². The van der Waals surface area contributed by atoms with Gasteiger partial charge in [0, 0.05) is 58.1 Å². The Morgan fingerprint density at radius 3 is 2.60 bits per heavy atom. The molecular formula is C28H29ClFI2N7O. The largest absolute Gasteiger partial charge is 0.461 e. The first-order chi connectivity index (χ1) is 19.4. The van der Waals surface area contributed by atoms with Crippen LogP contribution in [0.25, 0.3) is 32.9 Å². The quantitative estimate of drug-likeness (QED) is 0.116. The van der Waals surface area contributed by atoms with E-state index in [0.717, 1.165) is 36.7 Å². The van der Waals surface area contributed by atoms with Crippen LogP contribution in [0.15, 0.2) is 42.6 Å². The molecule has 0 saturated carbocycles. The van der Waals surface area contributed by atoms with Crippen molar-refractivity contribution in [3.05, 3.63) is 53.4 Å². The van der Waals surface area contributed by atoms with Crippen molar-refractivity contribution in [2.45, 2.75) is 31.2 Å². The minimum absolute atomic E-state index is 0.0264. The maximum Gasteiger partial charge on any atom is 0.319 e. The Morgan fingerprint density at radius 2 is 1.85 bits per heavy atom. The summed E-state index contributed by atoms with van der Waals surface area (Å²) in [7, 11) is 1.87. The fourth-order valence-electron chi connectivity index (χ4n) is 6.00. The summed E-state index contributed by atoms with van der Waals surface area (Å²) in [6.07, 6.45) is 6.20. The highest BCUT2D eigenvalue weighted by molar-refractivity contribution is 14.1. The number of hydrogen-bond donors (Lipinski definition) is 1.